The van der Waals surface area contributed by atoms with Gasteiger partial charge in [0.1, 0.15) is 29.3 Å². The SMILES string of the molecule is N#Cc1cc(F)cc(-c2ccc3ncc(-c4cc(F)cc(F)c4)c(N4CCC(N)CC4)c3c2)c1O. The summed E-state index contributed by atoms with van der Waals surface area (Å²) in [6, 6.07) is 12.5. The van der Waals surface area contributed by atoms with Crippen LogP contribution in [0, 0.1) is 28.8 Å². The molecule has 35 heavy (non-hydrogen) atoms. The van der Waals surface area contributed by atoms with Gasteiger partial charge in [0.15, 0.2) is 0 Å². The molecule has 5 rings (SSSR count). The van der Waals surface area contributed by atoms with Crippen LogP contribution in [-0.4, -0.2) is 29.2 Å². The number of benzene rings is 3. The van der Waals surface area contributed by atoms with Gasteiger partial charge in [-0.05, 0) is 60.4 Å². The molecule has 3 N–H and O–H groups in total. The molecule has 1 aliphatic rings. The number of piperidine rings is 1. The Hall–Kier alpha value is -4.09. The van der Waals surface area contributed by atoms with Gasteiger partial charge in [-0.15, -0.1) is 0 Å². The molecule has 2 heterocycles. The fourth-order valence-electron chi connectivity index (χ4n) is 4.64. The molecule has 0 amide bonds. The van der Waals surface area contributed by atoms with Crippen LogP contribution in [0.1, 0.15) is 18.4 Å². The quantitative estimate of drug-likeness (QED) is 0.410. The lowest BCUT2D eigenvalue weighted by atomic mass is 9.95. The highest BCUT2D eigenvalue weighted by Gasteiger charge is 2.23. The van der Waals surface area contributed by atoms with Crippen molar-refractivity contribution in [3.05, 3.63) is 77.7 Å². The van der Waals surface area contributed by atoms with Crippen molar-refractivity contribution in [2.24, 2.45) is 5.73 Å². The van der Waals surface area contributed by atoms with Gasteiger partial charge in [0.2, 0.25) is 0 Å². The molecule has 0 unspecified atom stereocenters. The number of anilines is 1. The minimum atomic E-state index is -0.700. The Balaban J connectivity index is 1.77. The van der Waals surface area contributed by atoms with E-state index in [4.69, 9.17) is 5.73 Å². The largest absolute Gasteiger partial charge is 0.506 e. The molecule has 0 spiro atoms. The van der Waals surface area contributed by atoms with Gasteiger partial charge in [-0.1, -0.05) is 6.07 Å². The molecule has 0 radical (unpaired) electrons. The van der Waals surface area contributed by atoms with E-state index in [-0.39, 0.29) is 22.9 Å². The monoisotopic (exact) mass is 474 g/mol. The van der Waals surface area contributed by atoms with Crippen LogP contribution in [0.25, 0.3) is 33.2 Å². The van der Waals surface area contributed by atoms with E-state index in [1.165, 1.54) is 12.1 Å². The summed E-state index contributed by atoms with van der Waals surface area (Å²) >= 11 is 0. The van der Waals surface area contributed by atoms with Crippen molar-refractivity contribution in [1.29, 1.82) is 5.26 Å². The van der Waals surface area contributed by atoms with Gasteiger partial charge in [0.25, 0.3) is 0 Å². The molecule has 3 aromatic carbocycles. The van der Waals surface area contributed by atoms with Crippen molar-refractivity contribution in [2.75, 3.05) is 18.0 Å². The molecule has 1 fully saturated rings. The Kier molecular flexibility index (Phi) is 5.79. The second kappa shape index (κ2) is 8.93. The molecule has 0 saturated carbocycles. The molecule has 0 bridgehead atoms. The van der Waals surface area contributed by atoms with Gasteiger partial charge in [-0.3, -0.25) is 4.98 Å². The Bertz CT molecular complexity index is 1470. The van der Waals surface area contributed by atoms with E-state index >= 15 is 0 Å². The van der Waals surface area contributed by atoms with Crippen LogP contribution in [0.2, 0.25) is 0 Å². The zero-order valence-electron chi connectivity index (χ0n) is 18.6. The van der Waals surface area contributed by atoms with E-state index in [2.05, 4.69) is 9.88 Å². The highest BCUT2D eigenvalue weighted by molar-refractivity contribution is 6.02. The van der Waals surface area contributed by atoms with Crippen LogP contribution in [-0.2, 0) is 0 Å². The maximum Gasteiger partial charge on any atom is 0.141 e. The van der Waals surface area contributed by atoms with Gasteiger partial charge < -0.3 is 15.7 Å². The Labute approximate surface area is 199 Å². The van der Waals surface area contributed by atoms with E-state index in [0.29, 0.717) is 40.7 Å². The summed E-state index contributed by atoms with van der Waals surface area (Å²) in [7, 11) is 0. The average molecular weight is 474 g/mol. The Morgan fingerprint density at radius 1 is 0.914 bits per heavy atom. The number of pyridine rings is 1. The summed E-state index contributed by atoms with van der Waals surface area (Å²) in [4.78, 5) is 6.62. The first kappa shape index (κ1) is 22.7. The first-order valence-corrected chi connectivity index (χ1v) is 11.2. The molecule has 8 heteroatoms. The number of phenols is 1. The standard InChI is InChI=1S/C27H21F3N4O/c28-18-7-16(8-19(29)11-18)24-14-33-25-2-1-15(22-12-20(30)9-17(13-31)27(22)35)10-23(25)26(24)34-5-3-21(32)4-6-34/h1-2,7-12,14,21,35H,3-6,32H2. The first-order chi connectivity index (χ1) is 16.8. The fraction of sp³-hybridized carbons (Fsp3) is 0.185. The van der Waals surface area contributed by atoms with Gasteiger partial charge in [0.05, 0.1) is 16.8 Å². The number of hydrogen-bond donors (Lipinski definition) is 2. The predicted octanol–water partition coefficient (Wildman–Crippen LogP) is 5.49. The number of nitrogens with zero attached hydrogens (tertiary/aromatic N) is 3. The summed E-state index contributed by atoms with van der Waals surface area (Å²) in [5.74, 6) is -2.37. The van der Waals surface area contributed by atoms with Gasteiger partial charge >= 0.3 is 0 Å². The van der Waals surface area contributed by atoms with Crippen molar-refractivity contribution >= 4 is 16.6 Å². The van der Waals surface area contributed by atoms with Gasteiger partial charge in [-0.2, -0.15) is 5.26 Å². The highest BCUT2D eigenvalue weighted by Crippen LogP contribution is 2.41. The van der Waals surface area contributed by atoms with Crippen molar-refractivity contribution in [1.82, 2.24) is 4.98 Å². The molecule has 4 aromatic rings. The number of rotatable bonds is 3. The summed E-state index contributed by atoms with van der Waals surface area (Å²) in [5, 5.41) is 20.5. The van der Waals surface area contributed by atoms with Crippen molar-refractivity contribution in [2.45, 2.75) is 18.9 Å². The predicted molar refractivity (Wildman–Crippen MR) is 128 cm³/mol. The lowest BCUT2D eigenvalue weighted by Crippen LogP contribution is -2.40. The van der Waals surface area contributed by atoms with Crippen molar-refractivity contribution in [3.63, 3.8) is 0 Å². The Morgan fingerprint density at radius 2 is 1.60 bits per heavy atom. The zero-order valence-corrected chi connectivity index (χ0v) is 18.6. The maximum atomic E-state index is 14.2. The van der Waals surface area contributed by atoms with Crippen LogP contribution in [0.15, 0.2) is 54.7 Å². The number of aromatic nitrogens is 1. The van der Waals surface area contributed by atoms with E-state index in [0.717, 1.165) is 36.7 Å². The molecule has 1 aromatic heterocycles. The average Bonchev–Trinajstić information content (AvgIpc) is 2.84. The lowest BCUT2D eigenvalue weighted by molar-refractivity contribution is 0.473. The second-order valence-corrected chi connectivity index (χ2v) is 8.70. The number of halogens is 3. The number of nitrogens with two attached hydrogens (primary N) is 1. The molecule has 1 aliphatic heterocycles. The summed E-state index contributed by atoms with van der Waals surface area (Å²) in [5.41, 5.74) is 8.81. The molecule has 5 nitrogen and oxygen atoms in total. The molecular formula is C27H21F3N4O. The zero-order chi connectivity index (χ0) is 24.7. The molecular weight excluding hydrogens is 453 g/mol. The molecule has 176 valence electrons. The third kappa shape index (κ3) is 4.27. The molecule has 0 atom stereocenters. The minimum absolute atomic E-state index is 0.0682. The van der Waals surface area contributed by atoms with Crippen molar-refractivity contribution in [3.8, 4) is 34.1 Å². The van der Waals surface area contributed by atoms with Crippen LogP contribution < -0.4 is 10.6 Å². The summed E-state index contributed by atoms with van der Waals surface area (Å²) in [6.45, 7) is 1.28. The van der Waals surface area contributed by atoms with Crippen LogP contribution >= 0.6 is 0 Å². The number of fused-ring (bicyclic) bond motifs is 1. The topological polar surface area (TPSA) is 86.2 Å². The van der Waals surface area contributed by atoms with Crippen LogP contribution in [0.5, 0.6) is 5.75 Å². The highest BCUT2D eigenvalue weighted by atomic mass is 19.1. The molecule has 0 aliphatic carbocycles. The third-order valence-electron chi connectivity index (χ3n) is 6.38. The maximum absolute atomic E-state index is 14.2. The van der Waals surface area contributed by atoms with Gasteiger partial charge in [0, 0.05) is 47.9 Å². The van der Waals surface area contributed by atoms with Crippen LogP contribution in [0.3, 0.4) is 0 Å². The number of nitriles is 1. The fourth-order valence-corrected chi connectivity index (χ4v) is 4.64. The number of aromatic hydroxyl groups is 1. The van der Waals surface area contributed by atoms with E-state index in [9.17, 15) is 23.5 Å². The van der Waals surface area contributed by atoms with Crippen LogP contribution in [0.4, 0.5) is 18.9 Å². The summed E-state index contributed by atoms with van der Waals surface area (Å²) in [6.07, 6.45) is 3.08. The van der Waals surface area contributed by atoms with E-state index < -0.39 is 17.5 Å². The second-order valence-electron chi connectivity index (χ2n) is 8.70. The third-order valence-corrected chi connectivity index (χ3v) is 6.38. The first-order valence-electron chi connectivity index (χ1n) is 11.2. The van der Waals surface area contributed by atoms with E-state index in [1.807, 2.05) is 0 Å². The lowest BCUT2D eigenvalue weighted by Gasteiger charge is -2.34. The summed E-state index contributed by atoms with van der Waals surface area (Å²) < 4.78 is 42.4. The smallest absolute Gasteiger partial charge is 0.141 e. The molecule has 1 saturated heterocycles. The van der Waals surface area contributed by atoms with Crippen molar-refractivity contribution < 1.29 is 18.3 Å². The van der Waals surface area contributed by atoms with Gasteiger partial charge in [-0.25, -0.2) is 13.2 Å². The normalized spacial score (nSPS) is 14.3. The van der Waals surface area contributed by atoms with E-state index in [1.54, 1.807) is 30.5 Å². The minimum Gasteiger partial charge on any atom is -0.506 e. The number of hydrogen-bond acceptors (Lipinski definition) is 5. The Morgan fingerprint density at radius 3 is 2.29 bits per heavy atom. The number of phenolic OH excluding ortho intramolecular Hbond substituents is 1.